The van der Waals surface area contributed by atoms with Crippen molar-refractivity contribution in [3.05, 3.63) is 200 Å². The van der Waals surface area contributed by atoms with Gasteiger partial charge in [0.25, 0.3) is 0 Å². The molecule has 0 N–H and O–H groups in total. The smallest absolute Gasteiger partial charge is 0.164 e. The van der Waals surface area contributed by atoms with E-state index in [0.717, 1.165) is 49.7 Å². The van der Waals surface area contributed by atoms with Gasteiger partial charge in [-0.25, -0.2) is 15.0 Å². The molecule has 10 aromatic rings. The Kier molecular flexibility index (Phi) is 6.85. The summed E-state index contributed by atoms with van der Waals surface area (Å²) in [5, 5.41) is 1.81. The van der Waals surface area contributed by atoms with Crippen LogP contribution in [-0.2, 0) is 0 Å². The van der Waals surface area contributed by atoms with E-state index >= 15 is 0 Å². The summed E-state index contributed by atoms with van der Waals surface area (Å²) in [5.74, 6) is 1.26. The topological polar surface area (TPSA) is 51.8 Å². The molecule has 2 heterocycles. The third-order valence-electron chi connectivity index (χ3n) is 9.86. The van der Waals surface area contributed by atoms with Crippen molar-refractivity contribution in [2.24, 2.45) is 0 Å². The molecule has 8 aromatic carbocycles. The molecule has 0 amide bonds. The number of fused-ring (bicyclic) bond motifs is 3. The van der Waals surface area contributed by atoms with E-state index in [4.69, 9.17) is 26.2 Å². The first-order valence-corrected chi connectivity index (χ1v) is 18.0. The van der Waals surface area contributed by atoms with E-state index in [0.29, 0.717) is 34.2 Å². The minimum absolute atomic E-state index is 0.108. The van der Waals surface area contributed by atoms with Gasteiger partial charge in [0.05, 0.1) is 6.85 Å². The highest BCUT2D eigenvalue weighted by atomic mass is 16.3. The van der Waals surface area contributed by atoms with E-state index in [1.807, 2.05) is 72.8 Å². The van der Waals surface area contributed by atoms with E-state index in [2.05, 4.69) is 78.9 Å². The lowest BCUT2D eigenvalue weighted by Crippen LogP contribution is -2.00. The number of rotatable bonds is 7. The zero-order chi connectivity index (χ0) is 40.9. The van der Waals surface area contributed by atoms with E-state index < -0.39 is 18.1 Å². The molecule has 10 rings (SSSR count). The van der Waals surface area contributed by atoms with Crippen LogP contribution in [0.5, 0.6) is 0 Å². The largest absolute Gasteiger partial charge is 0.456 e. The lowest BCUT2D eigenvalue weighted by atomic mass is 9.95. The third-order valence-corrected chi connectivity index (χ3v) is 9.86. The highest BCUT2D eigenvalue weighted by molar-refractivity contribution is 6.17. The van der Waals surface area contributed by atoms with Crippen molar-refractivity contribution in [1.82, 2.24) is 15.0 Å². The maximum atomic E-state index is 8.61. The Bertz CT molecular complexity index is 3210. The Balaban J connectivity index is 1.10. The van der Waals surface area contributed by atoms with E-state index in [1.165, 1.54) is 11.1 Å². The molecule has 4 nitrogen and oxygen atoms in total. The second-order valence-electron chi connectivity index (χ2n) is 13.2. The second kappa shape index (κ2) is 13.8. The Morgan fingerprint density at radius 1 is 0.327 bits per heavy atom. The molecule has 4 heteroatoms. The summed E-state index contributed by atoms with van der Waals surface area (Å²) in [6.45, 7) is 0. The fourth-order valence-electron chi connectivity index (χ4n) is 7.17. The van der Waals surface area contributed by atoms with Crippen LogP contribution in [-0.4, -0.2) is 15.0 Å². The fraction of sp³-hybridized carbons (Fsp3) is 0. The van der Waals surface area contributed by atoms with Crippen molar-refractivity contribution < 1.29 is 11.3 Å². The first-order chi connectivity index (χ1) is 29.3. The summed E-state index contributed by atoms with van der Waals surface area (Å²) in [5.41, 5.74) is 10.8. The number of furan rings is 1. The summed E-state index contributed by atoms with van der Waals surface area (Å²) in [6, 6.07) is 54.6. The highest BCUT2D eigenvalue weighted by Crippen LogP contribution is 2.42. The maximum absolute atomic E-state index is 8.61. The van der Waals surface area contributed by atoms with Crippen LogP contribution in [0.1, 0.15) is 6.85 Å². The average Bonchev–Trinajstić information content (AvgIpc) is 3.70. The molecular formula is C51H33N3O. The summed E-state index contributed by atoms with van der Waals surface area (Å²) >= 11 is 0. The molecule has 0 saturated carbocycles. The maximum Gasteiger partial charge on any atom is 0.164 e. The lowest BCUT2D eigenvalue weighted by molar-refractivity contribution is 0.669. The fourth-order valence-corrected chi connectivity index (χ4v) is 7.17. The normalized spacial score (nSPS) is 12.5. The minimum atomic E-state index is -0.439. The first-order valence-electron chi connectivity index (χ1n) is 20.5. The molecule has 2 aromatic heterocycles. The first kappa shape index (κ1) is 27.2. The van der Waals surface area contributed by atoms with Crippen LogP contribution >= 0.6 is 0 Å². The van der Waals surface area contributed by atoms with Crippen LogP contribution in [0.15, 0.2) is 204 Å². The van der Waals surface area contributed by atoms with Gasteiger partial charge in [-0.2, -0.15) is 0 Å². The molecule has 0 aliphatic carbocycles. The Hall–Kier alpha value is -7.43. The van der Waals surface area contributed by atoms with Gasteiger partial charge in [-0.15, -0.1) is 0 Å². The van der Waals surface area contributed by atoms with Crippen molar-refractivity contribution in [2.75, 3.05) is 0 Å². The lowest BCUT2D eigenvalue weighted by Gasteiger charge is -2.11. The van der Waals surface area contributed by atoms with E-state index in [-0.39, 0.29) is 17.6 Å². The van der Waals surface area contributed by atoms with Gasteiger partial charge in [-0.1, -0.05) is 182 Å². The predicted molar refractivity (Wildman–Crippen MR) is 225 cm³/mol. The Labute approximate surface area is 326 Å². The van der Waals surface area contributed by atoms with Crippen molar-refractivity contribution in [3.8, 4) is 78.7 Å². The quantitative estimate of drug-likeness (QED) is 0.165. The summed E-state index contributed by atoms with van der Waals surface area (Å²) < 4.78 is 48.3. The SMILES string of the molecule is [2H]c1c([2H])c([2H])c(-c2cccc(-c3nc(-c4ccccc4)nc(-c4cccc5oc6cccc(-c7ccc(-c8ccc(-c9ccccc9)cc8)cc7)c6c45)n3)c2)c([2H])c1[2H]. The summed E-state index contributed by atoms with van der Waals surface area (Å²) in [4.78, 5) is 15.1. The highest BCUT2D eigenvalue weighted by Gasteiger charge is 2.20. The Morgan fingerprint density at radius 3 is 1.42 bits per heavy atom. The molecule has 0 spiro atoms. The molecular weight excluding hydrogens is 671 g/mol. The second-order valence-corrected chi connectivity index (χ2v) is 13.2. The van der Waals surface area contributed by atoms with Gasteiger partial charge in [0.1, 0.15) is 11.2 Å². The number of hydrogen-bond acceptors (Lipinski definition) is 4. The van der Waals surface area contributed by atoms with Crippen LogP contribution in [0.2, 0.25) is 0 Å². The van der Waals surface area contributed by atoms with E-state index in [1.54, 1.807) is 18.2 Å². The summed E-state index contributed by atoms with van der Waals surface area (Å²) in [7, 11) is 0. The van der Waals surface area contributed by atoms with Crippen molar-refractivity contribution in [3.63, 3.8) is 0 Å². The zero-order valence-corrected chi connectivity index (χ0v) is 29.4. The number of benzene rings is 8. The molecule has 0 aliphatic rings. The van der Waals surface area contributed by atoms with Crippen molar-refractivity contribution in [2.45, 2.75) is 0 Å². The number of hydrogen-bond donors (Lipinski definition) is 0. The average molecular weight is 709 g/mol. The molecule has 0 aliphatic heterocycles. The third kappa shape index (κ3) is 6.16. The molecule has 55 heavy (non-hydrogen) atoms. The minimum Gasteiger partial charge on any atom is -0.456 e. The molecule has 0 bridgehead atoms. The van der Waals surface area contributed by atoms with Gasteiger partial charge in [0, 0.05) is 27.5 Å². The van der Waals surface area contributed by atoms with Crippen LogP contribution in [0, 0.1) is 0 Å². The molecule has 0 unspecified atom stereocenters. The number of aromatic nitrogens is 3. The van der Waals surface area contributed by atoms with Crippen molar-refractivity contribution >= 4 is 21.9 Å². The van der Waals surface area contributed by atoms with Crippen LogP contribution in [0.4, 0.5) is 0 Å². The predicted octanol–water partition coefficient (Wildman–Crippen LogP) is 13.4. The zero-order valence-electron chi connectivity index (χ0n) is 34.4. The van der Waals surface area contributed by atoms with Crippen LogP contribution < -0.4 is 0 Å². The standard InChI is InChI=1S/C51H33N3O/c1-4-13-34(14-5-1)36-25-27-37(28-26-36)38-29-31-39(32-30-38)43-21-11-23-45-47(43)48-44(22-12-24-46(48)55-45)51-53-49(40-17-8-3-9-18-40)52-50(54-51)42-20-10-19-41(33-42)35-15-6-2-7-16-35/h1-33H/i2D,6D,7D,15D,16D. The van der Waals surface area contributed by atoms with Crippen molar-refractivity contribution in [1.29, 1.82) is 0 Å². The summed E-state index contributed by atoms with van der Waals surface area (Å²) in [6.07, 6.45) is 0. The van der Waals surface area contributed by atoms with Gasteiger partial charge in [0.2, 0.25) is 0 Å². The Morgan fingerprint density at radius 2 is 0.782 bits per heavy atom. The molecule has 0 fully saturated rings. The van der Waals surface area contributed by atoms with Gasteiger partial charge < -0.3 is 4.42 Å². The monoisotopic (exact) mass is 708 g/mol. The molecule has 258 valence electrons. The molecule has 0 saturated heterocycles. The van der Waals surface area contributed by atoms with E-state index in [9.17, 15) is 0 Å². The number of nitrogens with zero attached hydrogens (tertiary/aromatic N) is 3. The molecule has 0 radical (unpaired) electrons. The van der Waals surface area contributed by atoms with Gasteiger partial charge in [-0.3, -0.25) is 0 Å². The molecule has 0 atom stereocenters. The van der Waals surface area contributed by atoms with Crippen LogP contribution in [0.25, 0.3) is 101 Å². The van der Waals surface area contributed by atoms with Gasteiger partial charge in [-0.05, 0) is 62.7 Å². The van der Waals surface area contributed by atoms with Gasteiger partial charge in [0.15, 0.2) is 17.5 Å². The van der Waals surface area contributed by atoms with Gasteiger partial charge >= 0.3 is 0 Å². The van der Waals surface area contributed by atoms with Crippen LogP contribution in [0.3, 0.4) is 0 Å².